The van der Waals surface area contributed by atoms with Gasteiger partial charge in [0, 0.05) is 24.7 Å². The average molecular weight is 295 g/mol. The van der Waals surface area contributed by atoms with Crippen LogP contribution in [0.4, 0.5) is 11.4 Å². The van der Waals surface area contributed by atoms with E-state index in [0.717, 1.165) is 5.69 Å². The summed E-state index contributed by atoms with van der Waals surface area (Å²) in [6.45, 7) is 0.453. The minimum Gasteiger partial charge on any atom is -0.497 e. The van der Waals surface area contributed by atoms with Crippen LogP contribution in [0.2, 0.25) is 0 Å². The molecule has 0 unspecified atom stereocenters. The van der Waals surface area contributed by atoms with Gasteiger partial charge in [-0.25, -0.2) is 0 Å². The molecule has 5 nitrogen and oxygen atoms in total. The first-order chi connectivity index (χ1) is 10.7. The zero-order chi connectivity index (χ0) is 15.8. The number of nitrogens with one attached hydrogen (secondary N) is 2. The molecule has 0 aliphatic rings. The monoisotopic (exact) mass is 295 g/mol. The molecule has 0 saturated carbocycles. The molecule has 0 saturated heterocycles. The quantitative estimate of drug-likeness (QED) is 0.859. The van der Waals surface area contributed by atoms with Crippen molar-refractivity contribution in [1.29, 1.82) is 5.26 Å². The Morgan fingerprint density at radius 3 is 2.82 bits per heavy atom. The van der Waals surface area contributed by atoms with Crippen molar-refractivity contribution < 1.29 is 9.53 Å². The lowest BCUT2D eigenvalue weighted by Crippen LogP contribution is -2.16. The molecule has 0 aromatic heterocycles. The molecule has 0 radical (unpaired) electrons. The Labute approximate surface area is 129 Å². The number of carbonyl (C=O) groups is 1. The molecule has 0 aliphatic carbocycles. The van der Waals surface area contributed by atoms with Crippen molar-refractivity contribution in [1.82, 2.24) is 0 Å². The predicted molar refractivity (Wildman–Crippen MR) is 85.9 cm³/mol. The van der Waals surface area contributed by atoms with Crippen molar-refractivity contribution in [2.24, 2.45) is 0 Å². The Bertz CT molecular complexity index is 692. The van der Waals surface area contributed by atoms with E-state index in [4.69, 9.17) is 10.00 Å². The number of hydrogen-bond acceptors (Lipinski definition) is 4. The van der Waals surface area contributed by atoms with Crippen LogP contribution in [0, 0.1) is 11.3 Å². The third kappa shape index (κ3) is 4.25. The fourth-order valence-corrected chi connectivity index (χ4v) is 1.97. The predicted octanol–water partition coefficient (Wildman–Crippen LogP) is 3.01. The van der Waals surface area contributed by atoms with Crippen LogP contribution in [0.15, 0.2) is 48.5 Å². The van der Waals surface area contributed by atoms with Crippen molar-refractivity contribution >= 4 is 17.3 Å². The molecular formula is C17H17N3O2. The minimum atomic E-state index is -0.102. The van der Waals surface area contributed by atoms with Crippen LogP contribution in [0.1, 0.15) is 12.0 Å². The van der Waals surface area contributed by atoms with E-state index in [1.165, 1.54) is 0 Å². The fourth-order valence-electron chi connectivity index (χ4n) is 1.97. The van der Waals surface area contributed by atoms with Crippen LogP contribution < -0.4 is 15.4 Å². The van der Waals surface area contributed by atoms with Gasteiger partial charge in [0.25, 0.3) is 0 Å². The van der Waals surface area contributed by atoms with Gasteiger partial charge in [-0.3, -0.25) is 4.79 Å². The van der Waals surface area contributed by atoms with E-state index in [2.05, 4.69) is 16.7 Å². The smallest absolute Gasteiger partial charge is 0.226 e. The van der Waals surface area contributed by atoms with Crippen LogP contribution in [0.5, 0.6) is 5.75 Å². The normalized spacial score (nSPS) is 9.64. The van der Waals surface area contributed by atoms with E-state index in [0.29, 0.717) is 30.0 Å². The van der Waals surface area contributed by atoms with Crippen LogP contribution in [-0.4, -0.2) is 19.6 Å². The molecule has 5 heteroatoms. The van der Waals surface area contributed by atoms with Crippen molar-refractivity contribution in [3.8, 4) is 11.8 Å². The van der Waals surface area contributed by atoms with Gasteiger partial charge in [0.15, 0.2) is 0 Å². The van der Waals surface area contributed by atoms with Crippen molar-refractivity contribution in [2.45, 2.75) is 6.42 Å². The molecule has 1 amide bonds. The van der Waals surface area contributed by atoms with E-state index >= 15 is 0 Å². The van der Waals surface area contributed by atoms with E-state index in [1.807, 2.05) is 24.3 Å². The topological polar surface area (TPSA) is 74.2 Å². The molecule has 0 fully saturated rings. The molecule has 0 bridgehead atoms. The maximum absolute atomic E-state index is 11.9. The zero-order valence-corrected chi connectivity index (χ0v) is 12.3. The summed E-state index contributed by atoms with van der Waals surface area (Å²) in [4.78, 5) is 11.9. The Balaban J connectivity index is 1.84. The molecular weight excluding hydrogens is 278 g/mol. The molecule has 2 aromatic rings. The third-order valence-electron chi connectivity index (χ3n) is 3.07. The summed E-state index contributed by atoms with van der Waals surface area (Å²) in [6, 6.07) is 16.5. The van der Waals surface area contributed by atoms with Gasteiger partial charge in [0.2, 0.25) is 5.91 Å². The number of methoxy groups -OCH3 is 1. The largest absolute Gasteiger partial charge is 0.497 e. The SMILES string of the molecule is COc1cccc(NC(=O)CCNc2ccccc2C#N)c1. The summed E-state index contributed by atoms with van der Waals surface area (Å²) in [5.74, 6) is 0.592. The van der Waals surface area contributed by atoms with E-state index < -0.39 is 0 Å². The fraction of sp³-hybridized carbons (Fsp3) is 0.176. The number of carbonyl (C=O) groups excluding carboxylic acids is 1. The lowest BCUT2D eigenvalue weighted by molar-refractivity contribution is -0.115. The van der Waals surface area contributed by atoms with Gasteiger partial charge in [-0.05, 0) is 24.3 Å². The number of para-hydroxylation sites is 1. The van der Waals surface area contributed by atoms with Gasteiger partial charge in [0.1, 0.15) is 11.8 Å². The number of rotatable bonds is 6. The van der Waals surface area contributed by atoms with Gasteiger partial charge < -0.3 is 15.4 Å². The lowest BCUT2D eigenvalue weighted by atomic mass is 10.2. The highest BCUT2D eigenvalue weighted by Gasteiger charge is 2.04. The van der Waals surface area contributed by atoms with E-state index in [1.54, 1.807) is 31.4 Å². The molecule has 0 heterocycles. The molecule has 2 rings (SSSR count). The molecule has 0 atom stereocenters. The molecule has 22 heavy (non-hydrogen) atoms. The van der Waals surface area contributed by atoms with Gasteiger partial charge in [-0.1, -0.05) is 18.2 Å². The summed E-state index contributed by atoms with van der Waals surface area (Å²) in [6.07, 6.45) is 0.303. The Morgan fingerprint density at radius 2 is 2.05 bits per heavy atom. The summed E-state index contributed by atoms with van der Waals surface area (Å²) in [7, 11) is 1.58. The van der Waals surface area contributed by atoms with Crippen LogP contribution >= 0.6 is 0 Å². The number of ether oxygens (including phenoxy) is 1. The third-order valence-corrected chi connectivity index (χ3v) is 3.07. The van der Waals surface area contributed by atoms with Crippen molar-refractivity contribution in [2.75, 3.05) is 24.3 Å². The highest BCUT2D eigenvalue weighted by Crippen LogP contribution is 2.17. The van der Waals surface area contributed by atoms with Crippen LogP contribution in [-0.2, 0) is 4.79 Å². The maximum atomic E-state index is 11.9. The number of hydrogen-bond donors (Lipinski definition) is 2. The summed E-state index contributed by atoms with van der Waals surface area (Å²) >= 11 is 0. The maximum Gasteiger partial charge on any atom is 0.226 e. The van der Waals surface area contributed by atoms with Crippen molar-refractivity contribution in [3.05, 3.63) is 54.1 Å². The number of nitriles is 1. The van der Waals surface area contributed by atoms with Gasteiger partial charge in [0.05, 0.1) is 18.4 Å². The Hall–Kier alpha value is -3.00. The second-order valence-corrected chi connectivity index (χ2v) is 4.61. The average Bonchev–Trinajstić information content (AvgIpc) is 2.55. The number of benzene rings is 2. The number of anilines is 2. The Morgan fingerprint density at radius 1 is 1.23 bits per heavy atom. The lowest BCUT2D eigenvalue weighted by Gasteiger charge is -2.09. The van der Waals surface area contributed by atoms with Gasteiger partial charge >= 0.3 is 0 Å². The van der Waals surface area contributed by atoms with Crippen LogP contribution in [0.3, 0.4) is 0 Å². The molecule has 2 N–H and O–H groups in total. The molecule has 112 valence electrons. The second-order valence-electron chi connectivity index (χ2n) is 4.61. The number of nitrogens with zero attached hydrogens (tertiary/aromatic N) is 1. The van der Waals surface area contributed by atoms with Crippen LogP contribution in [0.25, 0.3) is 0 Å². The van der Waals surface area contributed by atoms with Crippen molar-refractivity contribution in [3.63, 3.8) is 0 Å². The summed E-state index contributed by atoms with van der Waals surface area (Å²) < 4.78 is 5.11. The first-order valence-corrected chi connectivity index (χ1v) is 6.90. The van der Waals surface area contributed by atoms with Gasteiger partial charge in [-0.2, -0.15) is 5.26 Å². The highest BCUT2D eigenvalue weighted by molar-refractivity contribution is 5.91. The van der Waals surface area contributed by atoms with E-state index in [-0.39, 0.29) is 5.91 Å². The van der Waals surface area contributed by atoms with E-state index in [9.17, 15) is 4.79 Å². The first kappa shape index (κ1) is 15.4. The molecule has 2 aromatic carbocycles. The second kappa shape index (κ2) is 7.70. The Kier molecular flexibility index (Phi) is 5.38. The van der Waals surface area contributed by atoms with Gasteiger partial charge in [-0.15, -0.1) is 0 Å². The summed E-state index contributed by atoms with van der Waals surface area (Å²) in [5.41, 5.74) is 2.00. The standard InChI is InChI=1S/C17H17N3O2/c1-22-15-7-4-6-14(11-15)20-17(21)9-10-19-16-8-3-2-5-13(16)12-18/h2-8,11,19H,9-10H2,1H3,(H,20,21). The minimum absolute atomic E-state index is 0.102. The zero-order valence-electron chi connectivity index (χ0n) is 12.3. The number of amides is 1. The molecule has 0 aliphatic heterocycles. The molecule has 0 spiro atoms. The highest BCUT2D eigenvalue weighted by atomic mass is 16.5. The first-order valence-electron chi connectivity index (χ1n) is 6.90. The summed E-state index contributed by atoms with van der Waals surface area (Å²) in [5, 5.41) is 14.9.